The Morgan fingerprint density at radius 3 is 2.50 bits per heavy atom. The van der Waals surface area contributed by atoms with E-state index in [4.69, 9.17) is 0 Å². The third-order valence-electron chi connectivity index (χ3n) is 4.11. The van der Waals surface area contributed by atoms with Gasteiger partial charge in [0.1, 0.15) is 5.82 Å². The third kappa shape index (κ3) is 2.97. The standard InChI is InChI=1S/C19H20FN3O/c1-3-23(4-2)14-10-8-13(9-11-14)21-12-15-18-16(20)6-5-7-17(18)22-19(15)24/h5-12,22,24H,3-4H2,1-2H3. The topological polar surface area (TPSA) is 51.6 Å². The number of aromatic amines is 1. The van der Waals surface area contributed by atoms with E-state index in [9.17, 15) is 9.50 Å². The first-order chi connectivity index (χ1) is 11.6. The van der Waals surface area contributed by atoms with Gasteiger partial charge in [0.2, 0.25) is 0 Å². The molecule has 3 rings (SSSR count). The summed E-state index contributed by atoms with van der Waals surface area (Å²) in [5, 5.41) is 10.3. The molecule has 0 radical (unpaired) electrons. The van der Waals surface area contributed by atoms with Gasteiger partial charge >= 0.3 is 0 Å². The van der Waals surface area contributed by atoms with Crippen molar-refractivity contribution >= 4 is 28.5 Å². The minimum absolute atomic E-state index is 0.0846. The van der Waals surface area contributed by atoms with Crippen LogP contribution < -0.4 is 4.90 Å². The van der Waals surface area contributed by atoms with E-state index in [-0.39, 0.29) is 11.7 Å². The Morgan fingerprint density at radius 2 is 1.83 bits per heavy atom. The first kappa shape index (κ1) is 16.1. The van der Waals surface area contributed by atoms with Crippen molar-refractivity contribution in [3.05, 3.63) is 53.8 Å². The molecule has 1 heterocycles. The Bertz CT molecular complexity index is 864. The smallest absolute Gasteiger partial charge is 0.198 e. The van der Waals surface area contributed by atoms with Gasteiger partial charge in [-0.15, -0.1) is 0 Å². The van der Waals surface area contributed by atoms with E-state index in [2.05, 4.69) is 28.7 Å². The highest BCUT2D eigenvalue weighted by Gasteiger charge is 2.12. The van der Waals surface area contributed by atoms with Crippen molar-refractivity contribution in [2.24, 2.45) is 4.99 Å². The highest BCUT2D eigenvalue weighted by Crippen LogP contribution is 2.28. The summed E-state index contributed by atoms with van der Waals surface area (Å²) in [5.74, 6) is -0.471. The quantitative estimate of drug-likeness (QED) is 0.673. The molecule has 0 aliphatic rings. The number of fused-ring (bicyclic) bond motifs is 1. The van der Waals surface area contributed by atoms with Crippen molar-refractivity contribution in [2.75, 3.05) is 18.0 Å². The maximum Gasteiger partial charge on any atom is 0.198 e. The van der Waals surface area contributed by atoms with E-state index in [0.717, 1.165) is 24.5 Å². The number of halogens is 1. The Kier molecular flexibility index (Phi) is 4.51. The van der Waals surface area contributed by atoms with Crippen LogP contribution in [-0.4, -0.2) is 29.4 Å². The zero-order valence-corrected chi connectivity index (χ0v) is 13.8. The zero-order chi connectivity index (χ0) is 17.1. The van der Waals surface area contributed by atoms with Crippen molar-refractivity contribution in [2.45, 2.75) is 13.8 Å². The summed E-state index contributed by atoms with van der Waals surface area (Å²) >= 11 is 0. The number of rotatable bonds is 5. The van der Waals surface area contributed by atoms with Crippen LogP contribution in [0.1, 0.15) is 19.4 Å². The lowest BCUT2D eigenvalue weighted by molar-refractivity contribution is 0.457. The molecule has 0 unspecified atom stereocenters. The van der Waals surface area contributed by atoms with Crippen LogP contribution in [0.25, 0.3) is 10.9 Å². The minimum Gasteiger partial charge on any atom is -0.494 e. The molecular formula is C19H20FN3O. The molecule has 0 aliphatic heterocycles. The minimum atomic E-state index is -0.387. The highest BCUT2D eigenvalue weighted by molar-refractivity contribution is 6.02. The van der Waals surface area contributed by atoms with Crippen molar-refractivity contribution in [3.63, 3.8) is 0 Å². The van der Waals surface area contributed by atoms with Gasteiger partial charge in [-0.2, -0.15) is 0 Å². The van der Waals surface area contributed by atoms with Crippen LogP contribution >= 0.6 is 0 Å². The zero-order valence-electron chi connectivity index (χ0n) is 13.8. The predicted octanol–water partition coefficient (Wildman–Crippen LogP) is 4.61. The summed E-state index contributed by atoms with van der Waals surface area (Å²) < 4.78 is 14.0. The number of anilines is 1. The molecule has 2 N–H and O–H groups in total. The second-order valence-electron chi connectivity index (χ2n) is 5.50. The molecule has 3 aromatic rings. The van der Waals surface area contributed by atoms with Crippen molar-refractivity contribution in [1.82, 2.24) is 4.98 Å². The summed E-state index contributed by atoms with van der Waals surface area (Å²) in [6, 6.07) is 12.5. The Labute approximate surface area is 140 Å². The fourth-order valence-corrected chi connectivity index (χ4v) is 2.82. The number of benzene rings is 2. The molecule has 0 spiro atoms. The van der Waals surface area contributed by atoms with Gasteiger partial charge in [0.25, 0.3) is 0 Å². The van der Waals surface area contributed by atoms with Crippen molar-refractivity contribution in [3.8, 4) is 5.88 Å². The van der Waals surface area contributed by atoms with Crippen LogP contribution in [0.2, 0.25) is 0 Å². The SMILES string of the molecule is CCN(CC)c1ccc(N=Cc2c(O)[nH]c3cccc(F)c23)cc1. The molecule has 1 aromatic heterocycles. The van der Waals surface area contributed by atoms with Gasteiger partial charge < -0.3 is 15.0 Å². The molecule has 0 amide bonds. The van der Waals surface area contributed by atoms with Gasteiger partial charge in [-0.05, 0) is 50.2 Å². The van der Waals surface area contributed by atoms with E-state index >= 15 is 0 Å². The molecule has 0 aliphatic carbocycles. The number of hydrogen-bond donors (Lipinski definition) is 2. The number of aromatic hydroxyl groups is 1. The third-order valence-corrected chi connectivity index (χ3v) is 4.11. The first-order valence-corrected chi connectivity index (χ1v) is 8.02. The number of aromatic nitrogens is 1. The molecule has 0 saturated heterocycles. The average molecular weight is 325 g/mol. The summed E-state index contributed by atoms with van der Waals surface area (Å²) in [6.45, 7) is 6.12. The summed E-state index contributed by atoms with van der Waals surface area (Å²) in [4.78, 5) is 9.37. The molecule has 0 fully saturated rings. The maximum absolute atomic E-state index is 14.0. The molecule has 24 heavy (non-hydrogen) atoms. The normalized spacial score (nSPS) is 11.5. The van der Waals surface area contributed by atoms with Gasteiger partial charge in [-0.1, -0.05) is 6.07 Å². The predicted molar refractivity (Wildman–Crippen MR) is 97.2 cm³/mol. The van der Waals surface area contributed by atoms with E-state index < -0.39 is 0 Å². The van der Waals surface area contributed by atoms with Gasteiger partial charge in [0.05, 0.1) is 16.8 Å². The lowest BCUT2D eigenvalue weighted by atomic mass is 10.1. The van der Waals surface area contributed by atoms with Crippen LogP contribution in [0.3, 0.4) is 0 Å². The molecule has 0 bridgehead atoms. The fourth-order valence-electron chi connectivity index (χ4n) is 2.82. The van der Waals surface area contributed by atoms with Gasteiger partial charge in [0.15, 0.2) is 5.88 Å². The number of nitrogens with one attached hydrogen (secondary N) is 1. The maximum atomic E-state index is 14.0. The number of H-pyrrole nitrogens is 1. The molecule has 0 atom stereocenters. The van der Waals surface area contributed by atoms with E-state index in [1.165, 1.54) is 12.3 Å². The van der Waals surface area contributed by atoms with E-state index in [1.807, 2.05) is 24.3 Å². The van der Waals surface area contributed by atoms with Gasteiger partial charge in [-0.3, -0.25) is 4.99 Å². The van der Waals surface area contributed by atoms with E-state index in [0.29, 0.717) is 16.5 Å². The monoisotopic (exact) mass is 325 g/mol. The number of aliphatic imine (C=N–C) groups is 1. The fraction of sp³-hybridized carbons (Fsp3) is 0.211. The van der Waals surface area contributed by atoms with Crippen LogP contribution in [-0.2, 0) is 0 Å². The van der Waals surface area contributed by atoms with Gasteiger partial charge in [0, 0.05) is 30.4 Å². The second-order valence-corrected chi connectivity index (χ2v) is 5.50. The van der Waals surface area contributed by atoms with Crippen LogP contribution in [0.15, 0.2) is 47.5 Å². The summed E-state index contributed by atoms with van der Waals surface area (Å²) in [5.41, 5.74) is 2.79. The second kappa shape index (κ2) is 6.74. The Hall–Kier alpha value is -2.82. The largest absolute Gasteiger partial charge is 0.494 e. The van der Waals surface area contributed by atoms with Crippen molar-refractivity contribution < 1.29 is 9.50 Å². The molecule has 124 valence electrons. The number of hydrogen-bond acceptors (Lipinski definition) is 3. The van der Waals surface area contributed by atoms with Crippen LogP contribution in [0, 0.1) is 5.82 Å². The Balaban J connectivity index is 1.90. The molecule has 4 nitrogen and oxygen atoms in total. The average Bonchev–Trinajstić information content (AvgIpc) is 2.92. The molecular weight excluding hydrogens is 305 g/mol. The van der Waals surface area contributed by atoms with Crippen LogP contribution in [0.4, 0.5) is 15.8 Å². The lowest BCUT2D eigenvalue weighted by Crippen LogP contribution is -2.21. The Morgan fingerprint density at radius 1 is 1.12 bits per heavy atom. The van der Waals surface area contributed by atoms with Gasteiger partial charge in [-0.25, -0.2) is 4.39 Å². The molecule has 2 aromatic carbocycles. The molecule has 5 heteroatoms. The van der Waals surface area contributed by atoms with E-state index in [1.54, 1.807) is 12.1 Å². The summed E-state index contributed by atoms with van der Waals surface area (Å²) in [7, 11) is 0. The van der Waals surface area contributed by atoms with Crippen LogP contribution in [0.5, 0.6) is 5.88 Å². The van der Waals surface area contributed by atoms with Crippen molar-refractivity contribution in [1.29, 1.82) is 0 Å². The summed E-state index contributed by atoms with van der Waals surface area (Å²) in [6.07, 6.45) is 1.49. The number of nitrogens with zero attached hydrogens (tertiary/aromatic N) is 2. The lowest BCUT2D eigenvalue weighted by Gasteiger charge is -2.20. The first-order valence-electron chi connectivity index (χ1n) is 8.02. The highest BCUT2D eigenvalue weighted by atomic mass is 19.1. The molecule has 0 saturated carbocycles.